The molecular formula is C21H22N2O4S. The second kappa shape index (κ2) is 9.41. The van der Waals surface area contributed by atoms with Crippen LogP contribution in [-0.4, -0.2) is 54.3 Å². The lowest BCUT2D eigenvalue weighted by Crippen LogP contribution is -2.32. The van der Waals surface area contributed by atoms with Crippen LogP contribution in [0.25, 0.3) is 0 Å². The van der Waals surface area contributed by atoms with Gasteiger partial charge in [-0.05, 0) is 36.2 Å². The summed E-state index contributed by atoms with van der Waals surface area (Å²) in [5, 5.41) is 2.88. The van der Waals surface area contributed by atoms with Crippen molar-refractivity contribution in [2.45, 2.75) is 6.42 Å². The standard InChI is InChI=1S/C21H22N2O4S/c1-27-16-8-6-15(7-9-16)10-11-22-19(24)14-28-13-12-23-20(25)17-4-2-3-5-18(17)21(23)26/h2-9H,10-14H2,1H3,(H,22,24). The topological polar surface area (TPSA) is 75.7 Å². The van der Waals surface area contributed by atoms with Crippen LogP contribution < -0.4 is 10.1 Å². The van der Waals surface area contributed by atoms with Gasteiger partial charge in [0.2, 0.25) is 5.91 Å². The van der Waals surface area contributed by atoms with Gasteiger partial charge in [-0.2, -0.15) is 11.8 Å². The Morgan fingerprint density at radius 2 is 1.68 bits per heavy atom. The van der Waals surface area contributed by atoms with Gasteiger partial charge in [0.25, 0.3) is 11.8 Å². The number of imide groups is 1. The van der Waals surface area contributed by atoms with Gasteiger partial charge in [0.1, 0.15) is 5.75 Å². The number of carbonyl (C=O) groups is 3. The average Bonchev–Trinajstić information content (AvgIpc) is 2.96. The molecule has 0 saturated heterocycles. The Morgan fingerprint density at radius 1 is 1.04 bits per heavy atom. The second-order valence-electron chi connectivity index (χ2n) is 6.31. The van der Waals surface area contributed by atoms with E-state index >= 15 is 0 Å². The number of rotatable bonds is 9. The quantitative estimate of drug-likeness (QED) is 0.519. The van der Waals surface area contributed by atoms with E-state index in [-0.39, 0.29) is 17.7 Å². The maximum Gasteiger partial charge on any atom is 0.261 e. The Bertz CT molecular complexity index is 832. The predicted molar refractivity (Wildman–Crippen MR) is 109 cm³/mol. The number of benzene rings is 2. The molecule has 2 aromatic carbocycles. The Morgan fingerprint density at radius 3 is 2.29 bits per heavy atom. The number of nitrogens with zero attached hydrogens (tertiary/aromatic N) is 1. The Labute approximate surface area is 168 Å². The van der Waals surface area contributed by atoms with Crippen LogP contribution >= 0.6 is 11.8 Å². The number of amides is 3. The molecule has 1 aliphatic heterocycles. The summed E-state index contributed by atoms with van der Waals surface area (Å²) in [7, 11) is 1.63. The molecule has 0 unspecified atom stereocenters. The number of thioether (sulfide) groups is 1. The molecule has 0 radical (unpaired) electrons. The van der Waals surface area contributed by atoms with Crippen molar-refractivity contribution in [1.82, 2.24) is 10.2 Å². The van der Waals surface area contributed by atoms with Crippen molar-refractivity contribution in [3.05, 3.63) is 65.2 Å². The van der Waals surface area contributed by atoms with Crippen LogP contribution in [0.1, 0.15) is 26.3 Å². The third-order valence-electron chi connectivity index (χ3n) is 4.47. The summed E-state index contributed by atoms with van der Waals surface area (Å²) < 4.78 is 5.12. The summed E-state index contributed by atoms with van der Waals surface area (Å²) in [5.41, 5.74) is 2.03. The van der Waals surface area contributed by atoms with Gasteiger partial charge in [-0.3, -0.25) is 19.3 Å². The van der Waals surface area contributed by atoms with Gasteiger partial charge in [-0.15, -0.1) is 0 Å². The fraction of sp³-hybridized carbons (Fsp3) is 0.286. The lowest BCUT2D eigenvalue weighted by molar-refractivity contribution is -0.118. The maximum atomic E-state index is 12.3. The number of hydrogen-bond acceptors (Lipinski definition) is 5. The molecule has 28 heavy (non-hydrogen) atoms. The van der Waals surface area contributed by atoms with Crippen LogP contribution in [0.3, 0.4) is 0 Å². The maximum absolute atomic E-state index is 12.3. The van der Waals surface area contributed by atoms with Crippen LogP contribution in [0.15, 0.2) is 48.5 Å². The zero-order valence-electron chi connectivity index (χ0n) is 15.6. The molecule has 0 spiro atoms. The Balaban J connectivity index is 1.33. The first-order valence-corrected chi connectivity index (χ1v) is 10.2. The van der Waals surface area contributed by atoms with Crippen LogP contribution in [0.4, 0.5) is 0 Å². The van der Waals surface area contributed by atoms with Crippen LogP contribution in [0.2, 0.25) is 0 Å². The third kappa shape index (κ3) is 4.72. The van der Waals surface area contributed by atoms with Gasteiger partial charge in [0, 0.05) is 18.8 Å². The lowest BCUT2D eigenvalue weighted by Gasteiger charge is -2.13. The van der Waals surface area contributed by atoms with E-state index in [2.05, 4.69) is 5.32 Å². The van der Waals surface area contributed by atoms with Crippen LogP contribution in [-0.2, 0) is 11.2 Å². The van der Waals surface area contributed by atoms with Crippen molar-refractivity contribution in [3.8, 4) is 5.75 Å². The predicted octanol–water partition coefficient (Wildman–Crippen LogP) is 2.38. The van der Waals surface area contributed by atoms with E-state index in [9.17, 15) is 14.4 Å². The highest BCUT2D eigenvalue weighted by Crippen LogP contribution is 2.22. The summed E-state index contributed by atoms with van der Waals surface area (Å²) in [6, 6.07) is 14.6. The van der Waals surface area contributed by atoms with Crippen molar-refractivity contribution in [2.75, 3.05) is 31.7 Å². The van der Waals surface area contributed by atoms with Gasteiger partial charge < -0.3 is 10.1 Å². The normalized spacial score (nSPS) is 12.8. The molecule has 0 aromatic heterocycles. The Kier molecular flexibility index (Phi) is 6.71. The summed E-state index contributed by atoms with van der Waals surface area (Å²) in [5.74, 6) is 1.06. The van der Waals surface area contributed by atoms with E-state index in [1.54, 1.807) is 31.4 Å². The highest BCUT2D eigenvalue weighted by atomic mass is 32.2. The monoisotopic (exact) mass is 398 g/mol. The molecule has 0 atom stereocenters. The van der Waals surface area contributed by atoms with Crippen molar-refractivity contribution < 1.29 is 19.1 Å². The highest BCUT2D eigenvalue weighted by molar-refractivity contribution is 7.99. The molecule has 1 aliphatic rings. The molecule has 0 bridgehead atoms. The summed E-state index contributed by atoms with van der Waals surface area (Å²) in [6.45, 7) is 0.861. The minimum absolute atomic E-state index is 0.0547. The fourth-order valence-electron chi connectivity index (χ4n) is 2.95. The molecular weight excluding hydrogens is 376 g/mol. The molecule has 0 fully saturated rings. The van der Waals surface area contributed by atoms with Gasteiger partial charge >= 0.3 is 0 Å². The lowest BCUT2D eigenvalue weighted by atomic mass is 10.1. The number of methoxy groups -OCH3 is 1. The van der Waals surface area contributed by atoms with Gasteiger partial charge in [-0.25, -0.2) is 0 Å². The third-order valence-corrected chi connectivity index (χ3v) is 5.40. The fourth-order valence-corrected chi connectivity index (χ4v) is 3.70. The number of nitrogens with one attached hydrogen (secondary N) is 1. The minimum atomic E-state index is -0.259. The summed E-state index contributed by atoms with van der Waals surface area (Å²) in [6.07, 6.45) is 0.745. The number of carbonyl (C=O) groups excluding carboxylic acids is 3. The van der Waals surface area contributed by atoms with Gasteiger partial charge in [0.15, 0.2) is 0 Å². The molecule has 146 valence electrons. The van der Waals surface area contributed by atoms with Crippen molar-refractivity contribution >= 4 is 29.5 Å². The zero-order chi connectivity index (χ0) is 19.9. The van der Waals surface area contributed by atoms with Gasteiger partial charge in [-0.1, -0.05) is 24.3 Å². The Hall–Kier alpha value is -2.80. The minimum Gasteiger partial charge on any atom is -0.497 e. The molecule has 7 heteroatoms. The van der Waals surface area contributed by atoms with Crippen molar-refractivity contribution in [2.24, 2.45) is 0 Å². The van der Waals surface area contributed by atoms with E-state index in [1.807, 2.05) is 24.3 Å². The van der Waals surface area contributed by atoms with Crippen LogP contribution in [0, 0.1) is 0 Å². The zero-order valence-corrected chi connectivity index (χ0v) is 16.5. The van der Waals surface area contributed by atoms with Gasteiger partial charge in [0.05, 0.1) is 24.0 Å². The first kappa shape index (κ1) is 19.9. The number of fused-ring (bicyclic) bond motifs is 1. The molecule has 3 amide bonds. The summed E-state index contributed by atoms with van der Waals surface area (Å²) >= 11 is 1.41. The smallest absolute Gasteiger partial charge is 0.261 e. The first-order valence-electron chi connectivity index (χ1n) is 9.02. The number of hydrogen-bond donors (Lipinski definition) is 1. The number of ether oxygens (including phenoxy) is 1. The molecule has 0 aliphatic carbocycles. The second-order valence-corrected chi connectivity index (χ2v) is 7.41. The molecule has 6 nitrogen and oxygen atoms in total. The van der Waals surface area contributed by atoms with Crippen LogP contribution in [0.5, 0.6) is 5.75 Å². The largest absolute Gasteiger partial charge is 0.497 e. The molecule has 2 aromatic rings. The van der Waals surface area contributed by atoms with E-state index in [0.717, 1.165) is 17.7 Å². The SMILES string of the molecule is COc1ccc(CCNC(=O)CSCCN2C(=O)c3ccccc3C2=O)cc1. The first-order chi connectivity index (χ1) is 13.6. The van der Waals surface area contributed by atoms with E-state index in [4.69, 9.17) is 4.74 Å². The van der Waals surface area contributed by atoms with Crippen molar-refractivity contribution in [3.63, 3.8) is 0 Å². The molecule has 1 heterocycles. The highest BCUT2D eigenvalue weighted by Gasteiger charge is 2.34. The van der Waals surface area contributed by atoms with Crippen molar-refractivity contribution in [1.29, 1.82) is 0 Å². The molecule has 0 saturated carbocycles. The average molecular weight is 398 g/mol. The van der Waals surface area contributed by atoms with E-state index < -0.39 is 0 Å². The summed E-state index contributed by atoms with van der Waals surface area (Å²) in [4.78, 5) is 37.7. The van der Waals surface area contributed by atoms with E-state index in [1.165, 1.54) is 16.7 Å². The molecule has 1 N–H and O–H groups in total. The molecule has 3 rings (SSSR count). The van der Waals surface area contributed by atoms with E-state index in [0.29, 0.717) is 35.7 Å².